The molecule has 2 heterocycles. The van der Waals surface area contributed by atoms with Crippen LogP contribution < -0.4 is 15.0 Å². The van der Waals surface area contributed by atoms with E-state index in [1.807, 2.05) is 0 Å². The summed E-state index contributed by atoms with van der Waals surface area (Å²) in [6, 6.07) is 6.78. The van der Waals surface area contributed by atoms with Crippen molar-refractivity contribution in [2.24, 2.45) is 5.92 Å². The molecule has 1 N–H and O–H groups in total. The SMILES string of the molecule is COc1ccc(N2C[C@H](C(=O)NCc3ccon3)CC2=O)cc1Cl. The Hall–Kier alpha value is -2.54. The predicted octanol–water partition coefficient (Wildman–Crippen LogP) is 2.01. The first-order chi connectivity index (χ1) is 11.6. The van der Waals surface area contributed by atoms with Gasteiger partial charge in [-0.1, -0.05) is 16.8 Å². The quantitative estimate of drug-likeness (QED) is 0.892. The second-order valence-corrected chi connectivity index (χ2v) is 5.84. The zero-order valence-electron chi connectivity index (χ0n) is 13.0. The van der Waals surface area contributed by atoms with Crippen LogP contribution in [0.15, 0.2) is 35.1 Å². The summed E-state index contributed by atoms with van der Waals surface area (Å²) in [5, 5.41) is 6.91. The van der Waals surface area contributed by atoms with Gasteiger partial charge in [0.2, 0.25) is 11.8 Å². The van der Waals surface area contributed by atoms with Crippen molar-refractivity contribution in [3.8, 4) is 5.75 Å². The van der Waals surface area contributed by atoms with Gasteiger partial charge in [-0.15, -0.1) is 0 Å². The number of carbonyl (C=O) groups excluding carboxylic acids is 2. The van der Waals surface area contributed by atoms with Crippen molar-refractivity contribution in [1.29, 1.82) is 0 Å². The van der Waals surface area contributed by atoms with E-state index in [2.05, 4.69) is 10.5 Å². The highest BCUT2D eigenvalue weighted by Gasteiger charge is 2.35. The minimum absolute atomic E-state index is 0.113. The normalized spacial score (nSPS) is 17.2. The zero-order valence-corrected chi connectivity index (χ0v) is 13.7. The molecule has 1 fully saturated rings. The minimum atomic E-state index is -0.412. The highest BCUT2D eigenvalue weighted by molar-refractivity contribution is 6.32. The Morgan fingerprint density at radius 1 is 1.50 bits per heavy atom. The largest absolute Gasteiger partial charge is 0.495 e. The van der Waals surface area contributed by atoms with E-state index in [4.69, 9.17) is 20.9 Å². The van der Waals surface area contributed by atoms with Gasteiger partial charge in [0.1, 0.15) is 17.7 Å². The molecular formula is C16H16ClN3O4. The Morgan fingerprint density at radius 2 is 2.33 bits per heavy atom. The molecule has 126 valence electrons. The number of benzene rings is 1. The molecule has 3 rings (SSSR count). The zero-order chi connectivity index (χ0) is 17.1. The molecule has 1 atom stereocenters. The molecule has 1 aromatic carbocycles. The molecule has 0 saturated carbocycles. The topological polar surface area (TPSA) is 84.7 Å². The van der Waals surface area contributed by atoms with Gasteiger partial charge in [0.05, 0.1) is 24.6 Å². The van der Waals surface area contributed by atoms with Gasteiger partial charge >= 0.3 is 0 Å². The van der Waals surface area contributed by atoms with Crippen LogP contribution in [0.25, 0.3) is 0 Å². The fourth-order valence-electron chi connectivity index (χ4n) is 2.61. The Morgan fingerprint density at radius 3 is 3.00 bits per heavy atom. The Balaban J connectivity index is 1.64. The van der Waals surface area contributed by atoms with Crippen LogP contribution >= 0.6 is 11.6 Å². The number of hydrogen-bond acceptors (Lipinski definition) is 5. The second-order valence-electron chi connectivity index (χ2n) is 5.43. The lowest BCUT2D eigenvalue weighted by atomic mass is 10.1. The molecule has 1 aliphatic heterocycles. The molecule has 1 aromatic heterocycles. The summed E-state index contributed by atoms with van der Waals surface area (Å²) >= 11 is 6.10. The monoisotopic (exact) mass is 349 g/mol. The number of ether oxygens (including phenoxy) is 1. The summed E-state index contributed by atoms with van der Waals surface area (Å²) in [6.45, 7) is 0.584. The van der Waals surface area contributed by atoms with E-state index >= 15 is 0 Å². The van der Waals surface area contributed by atoms with Crippen molar-refractivity contribution in [1.82, 2.24) is 10.5 Å². The van der Waals surface area contributed by atoms with Gasteiger partial charge in [-0.25, -0.2) is 0 Å². The Bertz CT molecular complexity index is 748. The number of amides is 2. The third-order valence-corrected chi connectivity index (χ3v) is 4.17. The number of nitrogens with one attached hydrogen (secondary N) is 1. The van der Waals surface area contributed by atoms with Crippen LogP contribution in [0.5, 0.6) is 5.75 Å². The van der Waals surface area contributed by atoms with Gasteiger partial charge in [-0.3, -0.25) is 9.59 Å². The number of anilines is 1. The first-order valence-corrected chi connectivity index (χ1v) is 7.77. The molecule has 0 bridgehead atoms. The fourth-order valence-corrected chi connectivity index (χ4v) is 2.86. The molecule has 1 aliphatic rings. The van der Waals surface area contributed by atoms with Crippen LogP contribution in [0, 0.1) is 5.92 Å². The third kappa shape index (κ3) is 3.35. The predicted molar refractivity (Wildman–Crippen MR) is 86.8 cm³/mol. The van der Waals surface area contributed by atoms with E-state index in [0.717, 1.165) is 0 Å². The number of methoxy groups -OCH3 is 1. The van der Waals surface area contributed by atoms with Crippen molar-refractivity contribution < 1.29 is 18.8 Å². The average Bonchev–Trinajstić information content (AvgIpc) is 3.22. The summed E-state index contributed by atoms with van der Waals surface area (Å²) in [4.78, 5) is 26.0. The number of hydrogen-bond donors (Lipinski definition) is 1. The number of carbonyl (C=O) groups is 2. The standard InChI is InChI=1S/C16H16ClN3O4/c1-23-14-3-2-12(7-13(14)17)20-9-10(6-15(20)21)16(22)18-8-11-4-5-24-19-11/h2-5,7,10H,6,8-9H2,1H3,(H,18,22)/t10-/m1/s1. The lowest BCUT2D eigenvalue weighted by molar-refractivity contribution is -0.126. The lowest BCUT2D eigenvalue weighted by Crippen LogP contribution is -2.32. The first-order valence-electron chi connectivity index (χ1n) is 7.39. The van der Waals surface area contributed by atoms with Crippen molar-refractivity contribution in [3.05, 3.63) is 41.2 Å². The molecule has 0 unspecified atom stereocenters. The molecule has 0 aliphatic carbocycles. The van der Waals surface area contributed by atoms with Gasteiger partial charge < -0.3 is 19.5 Å². The summed E-state index contributed by atoms with van der Waals surface area (Å²) in [5.41, 5.74) is 1.28. The smallest absolute Gasteiger partial charge is 0.227 e. The molecular weight excluding hydrogens is 334 g/mol. The summed E-state index contributed by atoms with van der Waals surface area (Å²) in [7, 11) is 1.52. The van der Waals surface area contributed by atoms with Crippen molar-refractivity contribution >= 4 is 29.1 Å². The molecule has 0 spiro atoms. The fraction of sp³-hybridized carbons (Fsp3) is 0.312. The molecule has 2 amide bonds. The minimum Gasteiger partial charge on any atom is -0.495 e. The Kier molecular flexibility index (Phi) is 4.71. The van der Waals surface area contributed by atoms with E-state index < -0.39 is 5.92 Å². The summed E-state index contributed by atoms with van der Waals surface area (Å²) in [5.74, 6) is -0.175. The Labute approximate surface area is 143 Å². The molecule has 1 saturated heterocycles. The van der Waals surface area contributed by atoms with Gasteiger partial charge in [0.25, 0.3) is 0 Å². The molecule has 0 radical (unpaired) electrons. The molecule has 24 heavy (non-hydrogen) atoms. The highest BCUT2D eigenvalue weighted by Crippen LogP contribution is 2.32. The van der Waals surface area contributed by atoms with Crippen molar-refractivity contribution in [2.75, 3.05) is 18.6 Å². The van der Waals surface area contributed by atoms with Gasteiger partial charge in [0.15, 0.2) is 0 Å². The molecule has 7 nitrogen and oxygen atoms in total. The highest BCUT2D eigenvalue weighted by atomic mass is 35.5. The maximum atomic E-state index is 12.2. The number of nitrogens with zero attached hydrogens (tertiary/aromatic N) is 2. The van der Waals surface area contributed by atoms with Crippen LogP contribution in [0.2, 0.25) is 5.02 Å². The second kappa shape index (κ2) is 6.92. The lowest BCUT2D eigenvalue weighted by Gasteiger charge is -2.17. The van der Waals surface area contributed by atoms with E-state index in [9.17, 15) is 9.59 Å². The van der Waals surface area contributed by atoms with Gasteiger partial charge in [-0.2, -0.15) is 0 Å². The van der Waals surface area contributed by atoms with Gasteiger partial charge in [-0.05, 0) is 18.2 Å². The van der Waals surface area contributed by atoms with Crippen LogP contribution in [0.4, 0.5) is 5.69 Å². The maximum absolute atomic E-state index is 12.2. The van der Waals surface area contributed by atoms with Crippen LogP contribution in [0.3, 0.4) is 0 Å². The molecule has 8 heteroatoms. The molecule has 2 aromatic rings. The van der Waals surface area contributed by atoms with Crippen LogP contribution in [0.1, 0.15) is 12.1 Å². The number of rotatable bonds is 5. The summed E-state index contributed by atoms with van der Waals surface area (Å²) in [6.07, 6.45) is 1.60. The van der Waals surface area contributed by atoms with Crippen LogP contribution in [-0.4, -0.2) is 30.6 Å². The van der Waals surface area contributed by atoms with Crippen molar-refractivity contribution in [2.45, 2.75) is 13.0 Å². The van der Waals surface area contributed by atoms with Gasteiger partial charge in [0, 0.05) is 24.7 Å². The first kappa shape index (κ1) is 16.3. The van der Waals surface area contributed by atoms with E-state index in [1.54, 1.807) is 29.2 Å². The van der Waals surface area contributed by atoms with Crippen molar-refractivity contribution in [3.63, 3.8) is 0 Å². The summed E-state index contributed by atoms with van der Waals surface area (Å²) < 4.78 is 9.81. The average molecular weight is 350 g/mol. The number of halogens is 1. The third-order valence-electron chi connectivity index (χ3n) is 3.88. The van der Waals surface area contributed by atoms with Crippen LogP contribution in [-0.2, 0) is 16.1 Å². The number of aromatic nitrogens is 1. The van der Waals surface area contributed by atoms with E-state index in [1.165, 1.54) is 13.4 Å². The van der Waals surface area contributed by atoms with E-state index in [-0.39, 0.29) is 24.8 Å². The maximum Gasteiger partial charge on any atom is 0.227 e. The van der Waals surface area contributed by atoms with E-state index in [0.29, 0.717) is 28.7 Å².